The lowest BCUT2D eigenvalue weighted by Crippen LogP contribution is -2.31. The van der Waals surface area contributed by atoms with E-state index in [1.165, 1.54) is 12.3 Å². The Labute approximate surface area is 165 Å². The van der Waals surface area contributed by atoms with Crippen LogP contribution in [0, 0.1) is 5.82 Å². The average molecular weight is 392 g/mol. The van der Waals surface area contributed by atoms with Gasteiger partial charge in [0.05, 0.1) is 28.7 Å². The molecule has 8 heteroatoms. The molecule has 0 aliphatic carbocycles. The quantitative estimate of drug-likeness (QED) is 0.630. The van der Waals surface area contributed by atoms with E-state index in [-0.39, 0.29) is 30.7 Å². The van der Waals surface area contributed by atoms with Crippen LogP contribution in [-0.4, -0.2) is 39.4 Å². The smallest absolute Gasteiger partial charge is 0.261 e. The van der Waals surface area contributed by atoms with Crippen LogP contribution < -0.4 is 5.32 Å². The number of carbonyl (C=O) groups is 3. The third-order valence-corrected chi connectivity index (χ3v) is 4.72. The predicted octanol–water partition coefficient (Wildman–Crippen LogP) is 3.23. The number of imide groups is 1. The summed E-state index contributed by atoms with van der Waals surface area (Å²) < 4.78 is 14.0. The number of halogens is 1. The first-order valence-electron chi connectivity index (χ1n) is 9.09. The number of aromatic nitrogens is 2. The van der Waals surface area contributed by atoms with Crippen LogP contribution in [0.4, 0.5) is 10.1 Å². The van der Waals surface area contributed by atoms with Gasteiger partial charge in [-0.1, -0.05) is 24.3 Å². The van der Waals surface area contributed by atoms with Gasteiger partial charge >= 0.3 is 0 Å². The number of aromatic amines is 1. The molecule has 2 heterocycles. The van der Waals surface area contributed by atoms with Crippen molar-refractivity contribution in [2.75, 3.05) is 11.9 Å². The van der Waals surface area contributed by atoms with Gasteiger partial charge in [0.1, 0.15) is 5.82 Å². The van der Waals surface area contributed by atoms with Crippen molar-refractivity contribution in [2.24, 2.45) is 0 Å². The number of nitrogens with one attached hydrogen (secondary N) is 2. The van der Waals surface area contributed by atoms with Gasteiger partial charge in [0.15, 0.2) is 0 Å². The Balaban J connectivity index is 1.36. The number of H-pyrrole nitrogens is 1. The summed E-state index contributed by atoms with van der Waals surface area (Å²) in [5, 5.41) is 9.26. The molecule has 2 aromatic carbocycles. The van der Waals surface area contributed by atoms with Crippen LogP contribution in [0.3, 0.4) is 0 Å². The van der Waals surface area contributed by atoms with Crippen molar-refractivity contribution in [1.29, 1.82) is 0 Å². The topological polar surface area (TPSA) is 95.2 Å². The monoisotopic (exact) mass is 392 g/mol. The summed E-state index contributed by atoms with van der Waals surface area (Å²) in [4.78, 5) is 38.1. The molecule has 0 unspecified atom stereocenters. The molecule has 1 aromatic heterocycles. The molecule has 0 spiro atoms. The van der Waals surface area contributed by atoms with Crippen LogP contribution in [-0.2, 0) is 4.79 Å². The number of hydrogen-bond donors (Lipinski definition) is 2. The lowest BCUT2D eigenvalue weighted by atomic mass is 10.1. The van der Waals surface area contributed by atoms with E-state index in [0.717, 1.165) is 4.90 Å². The number of fused-ring (bicyclic) bond motifs is 1. The Morgan fingerprint density at radius 2 is 1.62 bits per heavy atom. The molecule has 0 radical (unpaired) electrons. The molecule has 1 aliphatic heterocycles. The zero-order valence-corrected chi connectivity index (χ0v) is 15.3. The van der Waals surface area contributed by atoms with Crippen LogP contribution in [0.15, 0.2) is 54.7 Å². The molecule has 4 rings (SSSR count). The molecule has 7 nitrogen and oxygen atoms in total. The van der Waals surface area contributed by atoms with Crippen LogP contribution in [0.5, 0.6) is 0 Å². The summed E-state index contributed by atoms with van der Waals surface area (Å²) in [6.45, 7) is 0.144. The van der Waals surface area contributed by atoms with Gasteiger partial charge in [0, 0.05) is 18.5 Å². The van der Waals surface area contributed by atoms with Crippen molar-refractivity contribution in [1.82, 2.24) is 15.1 Å². The Hall–Kier alpha value is -3.81. The molecule has 0 fully saturated rings. The standard InChI is InChI=1S/C21H17FN4O3/c22-16-9-4-3-8-15(16)19-17(12-23-25-19)24-18(27)10-5-11-26-20(28)13-6-1-2-7-14(13)21(26)29/h1-4,6-9,12H,5,10-11H2,(H,23,25)(H,24,27). The fourth-order valence-corrected chi connectivity index (χ4v) is 3.30. The van der Waals surface area contributed by atoms with Gasteiger partial charge in [-0.3, -0.25) is 24.4 Å². The summed E-state index contributed by atoms with van der Waals surface area (Å²) in [6, 6.07) is 12.8. The van der Waals surface area contributed by atoms with Crippen molar-refractivity contribution in [2.45, 2.75) is 12.8 Å². The van der Waals surface area contributed by atoms with Crippen molar-refractivity contribution in [3.05, 3.63) is 71.7 Å². The summed E-state index contributed by atoms with van der Waals surface area (Å²) in [5.41, 5.74) is 1.80. The van der Waals surface area contributed by atoms with Gasteiger partial charge in [0.2, 0.25) is 5.91 Å². The molecule has 3 aromatic rings. The van der Waals surface area contributed by atoms with E-state index in [2.05, 4.69) is 15.5 Å². The van der Waals surface area contributed by atoms with Crippen molar-refractivity contribution in [3.8, 4) is 11.3 Å². The minimum atomic E-state index is -0.433. The van der Waals surface area contributed by atoms with Gasteiger partial charge in [-0.05, 0) is 30.7 Å². The summed E-state index contributed by atoms with van der Waals surface area (Å²) in [5.74, 6) is -1.44. The van der Waals surface area contributed by atoms with E-state index in [4.69, 9.17) is 0 Å². The summed E-state index contributed by atoms with van der Waals surface area (Å²) in [6.07, 6.45) is 1.81. The SMILES string of the molecule is O=C(CCCN1C(=O)c2ccccc2C1=O)Nc1cn[nH]c1-c1ccccc1F. The van der Waals surface area contributed by atoms with E-state index in [1.807, 2.05) is 0 Å². The molecule has 146 valence electrons. The molecule has 0 bridgehead atoms. The van der Waals surface area contributed by atoms with Gasteiger partial charge in [-0.15, -0.1) is 0 Å². The molecule has 1 aliphatic rings. The Kier molecular flexibility index (Phi) is 4.90. The van der Waals surface area contributed by atoms with Gasteiger partial charge in [-0.2, -0.15) is 5.10 Å². The normalized spacial score (nSPS) is 12.9. The minimum Gasteiger partial charge on any atom is -0.323 e. The van der Waals surface area contributed by atoms with Crippen LogP contribution >= 0.6 is 0 Å². The lowest BCUT2D eigenvalue weighted by molar-refractivity contribution is -0.116. The fraction of sp³-hybridized carbons (Fsp3) is 0.143. The van der Waals surface area contributed by atoms with Crippen LogP contribution in [0.1, 0.15) is 33.6 Å². The highest BCUT2D eigenvalue weighted by Crippen LogP contribution is 2.28. The molecule has 0 atom stereocenters. The summed E-state index contributed by atoms with van der Waals surface area (Å²) in [7, 11) is 0. The highest BCUT2D eigenvalue weighted by molar-refractivity contribution is 6.21. The molecular weight excluding hydrogens is 375 g/mol. The average Bonchev–Trinajstić information content (AvgIpc) is 3.27. The fourth-order valence-electron chi connectivity index (χ4n) is 3.30. The zero-order valence-electron chi connectivity index (χ0n) is 15.3. The van der Waals surface area contributed by atoms with E-state index < -0.39 is 5.82 Å². The van der Waals surface area contributed by atoms with E-state index in [9.17, 15) is 18.8 Å². The maximum Gasteiger partial charge on any atom is 0.261 e. The number of rotatable bonds is 6. The number of nitrogens with zero attached hydrogens (tertiary/aromatic N) is 2. The van der Waals surface area contributed by atoms with Gasteiger partial charge in [-0.25, -0.2) is 4.39 Å². The molecule has 0 saturated heterocycles. The molecule has 2 N–H and O–H groups in total. The second-order valence-corrected chi connectivity index (χ2v) is 6.60. The maximum absolute atomic E-state index is 14.0. The van der Waals surface area contributed by atoms with Gasteiger partial charge < -0.3 is 5.32 Å². The van der Waals surface area contributed by atoms with E-state index in [1.54, 1.807) is 42.5 Å². The third kappa shape index (κ3) is 3.52. The molecule has 3 amide bonds. The van der Waals surface area contributed by atoms with Gasteiger partial charge in [0.25, 0.3) is 11.8 Å². The van der Waals surface area contributed by atoms with Crippen LogP contribution in [0.25, 0.3) is 11.3 Å². The third-order valence-electron chi connectivity index (χ3n) is 4.72. The highest BCUT2D eigenvalue weighted by Gasteiger charge is 2.34. The largest absolute Gasteiger partial charge is 0.323 e. The Morgan fingerprint density at radius 1 is 1.00 bits per heavy atom. The maximum atomic E-state index is 14.0. The molecular formula is C21H17FN4O3. The molecule has 29 heavy (non-hydrogen) atoms. The predicted molar refractivity (Wildman–Crippen MR) is 104 cm³/mol. The highest BCUT2D eigenvalue weighted by atomic mass is 19.1. The number of anilines is 1. The first kappa shape index (κ1) is 18.5. The van der Waals surface area contributed by atoms with Crippen molar-refractivity contribution < 1.29 is 18.8 Å². The minimum absolute atomic E-state index is 0.0926. The van der Waals surface area contributed by atoms with Crippen molar-refractivity contribution >= 4 is 23.4 Å². The lowest BCUT2D eigenvalue weighted by Gasteiger charge is -2.13. The summed E-state index contributed by atoms with van der Waals surface area (Å²) >= 11 is 0. The van der Waals surface area contributed by atoms with Crippen molar-refractivity contribution in [3.63, 3.8) is 0 Å². The molecule has 0 saturated carbocycles. The number of amides is 3. The zero-order chi connectivity index (χ0) is 20.4. The van der Waals surface area contributed by atoms with E-state index in [0.29, 0.717) is 34.5 Å². The Morgan fingerprint density at radius 3 is 2.28 bits per heavy atom. The number of benzene rings is 2. The van der Waals surface area contributed by atoms with E-state index >= 15 is 0 Å². The second kappa shape index (κ2) is 7.67. The van der Waals surface area contributed by atoms with Crippen LogP contribution in [0.2, 0.25) is 0 Å². The Bertz CT molecular complexity index is 1070. The first-order chi connectivity index (χ1) is 14.1. The number of carbonyl (C=O) groups excluding carboxylic acids is 3. The number of hydrogen-bond acceptors (Lipinski definition) is 4. The second-order valence-electron chi connectivity index (χ2n) is 6.60. The first-order valence-corrected chi connectivity index (χ1v) is 9.09.